The van der Waals surface area contributed by atoms with Crippen LogP contribution in [0, 0.1) is 17.8 Å². The van der Waals surface area contributed by atoms with Gasteiger partial charge in [-0.05, 0) is 5.56 Å². The molecule has 1 aromatic carbocycles. The van der Waals surface area contributed by atoms with E-state index < -0.39 is 30.9 Å². The Balaban J connectivity index is 2.20. The maximum atomic E-state index is 12.9. The lowest BCUT2D eigenvalue weighted by atomic mass is 9.79. The largest absolute Gasteiger partial charge is 0.727 e. The molecule has 0 spiro atoms. The summed E-state index contributed by atoms with van der Waals surface area (Å²) in [5.74, 6) is 3.61. The Morgan fingerprint density at radius 2 is 1.97 bits per heavy atom. The Labute approximate surface area is 169 Å². The van der Waals surface area contributed by atoms with Crippen LogP contribution in [0.25, 0.3) is 0 Å². The molecule has 6 N–H and O–H groups in total. The van der Waals surface area contributed by atoms with Crippen molar-refractivity contribution in [3.8, 4) is 11.8 Å². The van der Waals surface area contributed by atoms with Crippen molar-refractivity contribution in [1.29, 1.82) is 0 Å². The molecule has 8 nitrogen and oxygen atoms in total. The number of benzene rings is 1. The van der Waals surface area contributed by atoms with Gasteiger partial charge in [-0.15, -0.1) is 0 Å². The number of carbonyl (C=O) groups is 2. The summed E-state index contributed by atoms with van der Waals surface area (Å²) in [6.07, 6.45) is 4.47. The lowest BCUT2D eigenvalue weighted by molar-refractivity contribution is -0.580. The van der Waals surface area contributed by atoms with Gasteiger partial charge in [0.05, 0.1) is 6.20 Å². The Kier molecular flexibility index (Phi) is 8.49. The highest BCUT2D eigenvalue weighted by Crippen LogP contribution is 2.02. The summed E-state index contributed by atoms with van der Waals surface area (Å²) in [5.41, 5.74) is 1.00. The van der Waals surface area contributed by atoms with Crippen molar-refractivity contribution in [3.05, 3.63) is 60.2 Å². The summed E-state index contributed by atoms with van der Waals surface area (Å²) >= 11 is 0. The number of nitrogens with two attached hydrogens (primary N) is 1. The lowest BCUT2D eigenvalue weighted by Crippen LogP contribution is -2.96. The quantitative estimate of drug-likeness (QED) is 0.304. The molecule has 2 amide bonds. The summed E-state index contributed by atoms with van der Waals surface area (Å²) in [4.78, 5) is 33.3. The van der Waals surface area contributed by atoms with Gasteiger partial charge in [0, 0.05) is 24.7 Å². The molecule has 0 saturated heterocycles. The number of aromatic nitrogens is 2. The molecular weight excluding hydrogens is 371 g/mol. The first-order chi connectivity index (χ1) is 13.9. The predicted molar refractivity (Wildman–Crippen MR) is 108 cm³/mol. The Hall–Kier alpha value is -3.06. The number of rotatable bonds is 7. The van der Waals surface area contributed by atoms with E-state index in [2.05, 4.69) is 27.1 Å². The minimum atomic E-state index is -1.60. The van der Waals surface area contributed by atoms with Crippen LogP contribution in [0.3, 0.4) is 0 Å². The van der Waals surface area contributed by atoms with Crippen molar-refractivity contribution in [2.75, 3.05) is 0 Å². The average Bonchev–Trinajstić information content (AvgIpc) is 2.71. The van der Waals surface area contributed by atoms with Crippen molar-refractivity contribution in [3.63, 3.8) is 0 Å². The van der Waals surface area contributed by atoms with Gasteiger partial charge in [0.15, 0.2) is 17.7 Å². The molecule has 1 heterocycles. The highest BCUT2D eigenvalue weighted by molar-refractivity contribution is 6.45. The molecule has 2 aromatic rings. The fourth-order valence-corrected chi connectivity index (χ4v) is 2.50. The average molecular weight is 396 g/mol. The topological polar surface area (TPSA) is 132 Å². The van der Waals surface area contributed by atoms with E-state index in [9.17, 15) is 14.6 Å². The van der Waals surface area contributed by atoms with Gasteiger partial charge in [-0.3, -0.25) is 15.1 Å². The second-order valence-corrected chi connectivity index (χ2v) is 6.79. The molecular formula is C20H25BN4O4+2. The monoisotopic (exact) mass is 396 g/mol. The van der Waals surface area contributed by atoms with Gasteiger partial charge in [-0.25, -0.2) is 9.78 Å². The summed E-state index contributed by atoms with van der Waals surface area (Å²) < 4.78 is 0. The van der Waals surface area contributed by atoms with E-state index in [1.807, 2.05) is 44.2 Å². The molecule has 1 aromatic heterocycles. The standard InChI is InChI=1S/C20H23BN4O4/c1-14(2)8-9-18(21(28)29)25-19(26)16(12-15-6-4-3-5-7-15)24-20(27)17-13-22-10-11-23-17/h3-7,10-11,13-14,16,18,28-29H,12H2,1-2H3,(H,24,27)(H,25,26)/p+2/t16-,18-/m0/s1. The zero-order valence-electron chi connectivity index (χ0n) is 16.4. The number of amides is 2. The summed E-state index contributed by atoms with van der Waals surface area (Å²) in [7, 11) is -1.60. The summed E-state index contributed by atoms with van der Waals surface area (Å²) in [5, 5.41) is 21.1. The molecule has 0 aliphatic rings. The zero-order valence-corrected chi connectivity index (χ0v) is 16.4. The van der Waals surface area contributed by atoms with Gasteiger partial charge < -0.3 is 15.4 Å². The van der Waals surface area contributed by atoms with E-state index in [4.69, 9.17) is 5.02 Å². The van der Waals surface area contributed by atoms with Gasteiger partial charge >= 0.3 is 13.0 Å². The summed E-state index contributed by atoms with van der Waals surface area (Å²) in [6.45, 7) is 3.74. The Morgan fingerprint density at radius 1 is 1.24 bits per heavy atom. The lowest BCUT2D eigenvalue weighted by Gasteiger charge is -2.16. The Bertz CT molecular complexity index is 866. The first-order valence-electron chi connectivity index (χ1n) is 9.26. The number of nitrogens with zero attached hydrogens (tertiary/aromatic N) is 2. The molecule has 0 radical (unpaired) electrons. The van der Waals surface area contributed by atoms with Crippen molar-refractivity contribution in [2.45, 2.75) is 32.3 Å². The highest BCUT2D eigenvalue weighted by atomic mass is 16.4. The van der Waals surface area contributed by atoms with Gasteiger partial charge in [0.2, 0.25) is 0 Å². The minimum absolute atomic E-state index is 0.0260. The van der Waals surface area contributed by atoms with Crippen LogP contribution in [0.2, 0.25) is 0 Å². The Morgan fingerprint density at radius 3 is 2.55 bits per heavy atom. The molecule has 0 unspecified atom stereocenters. The van der Waals surface area contributed by atoms with Crippen molar-refractivity contribution in [2.24, 2.45) is 5.92 Å². The number of hydrogen-bond donors (Lipinski definition) is 3. The van der Waals surface area contributed by atoms with Gasteiger partial charge in [-0.1, -0.05) is 56.0 Å². The van der Waals surface area contributed by atoms with Crippen molar-refractivity contribution < 1.29 is 25.0 Å². The first kappa shape index (κ1) is 22.2. The molecule has 2 rings (SSSR count). The molecule has 0 saturated carbocycles. The van der Waals surface area contributed by atoms with Gasteiger partial charge in [-0.2, -0.15) is 0 Å². The molecule has 150 valence electrons. The van der Waals surface area contributed by atoms with E-state index in [0.29, 0.717) is 0 Å². The van der Waals surface area contributed by atoms with Crippen molar-refractivity contribution >= 4 is 18.9 Å². The van der Waals surface area contributed by atoms with Crippen molar-refractivity contribution in [1.82, 2.24) is 15.3 Å². The normalized spacial score (nSPS) is 12.4. The maximum Gasteiger partial charge on any atom is 0.727 e. The summed E-state index contributed by atoms with van der Waals surface area (Å²) in [6, 6.07) is 8.44. The third kappa shape index (κ3) is 7.46. The number of hydrogen-bond acceptors (Lipinski definition) is 5. The molecule has 29 heavy (non-hydrogen) atoms. The van der Waals surface area contributed by atoms with Gasteiger partial charge in [0.25, 0.3) is 5.91 Å². The smallest absolute Gasteiger partial charge is 0.524 e. The molecule has 0 fully saturated rings. The number of nitrogens with one attached hydrogen (secondary N) is 1. The number of primary amides is 1. The van der Waals surface area contributed by atoms with Crippen LogP contribution < -0.4 is 10.6 Å². The third-order valence-corrected chi connectivity index (χ3v) is 3.94. The van der Waals surface area contributed by atoms with Crippen LogP contribution in [-0.2, 0) is 11.2 Å². The van der Waals surface area contributed by atoms with Crippen LogP contribution in [0.4, 0.5) is 0 Å². The van der Waals surface area contributed by atoms with Crippen LogP contribution in [-0.4, -0.2) is 50.9 Å². The highest BCUT2D eigenvalue weighted by Gasteiger charge is 2.37. The molecule has 0 bridgehead atoms. The van der Waals surface area contributed by atoms with Crippen LogP contribution in [0.15, 0.2) is 48.9 Å². The van der Waals surface area contributed by atoms with Crippen LogP contribution in [0.1, 0.15) is 29.9 Å². The fourth-order valence-electron chi connectivity index (χ4n) is 2.50. The first-order valence-corrected chi connectivity index (χ1v) is 9.26. The van der Waals surface area contributed by atoms with Crippen LogP contribution >= 0.6 is 0 Å². The maximum absolute atomic E-state index is 12.9. The fraction of sp³-hybridized carbons (Fsp3) is 0.300. The number of carbonyl (C=O) groups excluding carboxylic acids is 2. The second kappa shape index (κ2) is 11.1. The van der Waals surface area contributed by atoms with Gasteiger partial charge in [0.1, 0.15) is 0 Å². The van der Waals surface area contributed by atoms with Crippen LogP contribution in [0.5, 0.6) is 0 Å². The zero-order chi connectivity index (χ0) is 21.2. The minimum Gasteiger partial charge on any atom is -0.524 e. The second-order valence-electron chi connectivity index (χ2n) is 6.79. The number of quaternary nitrogens is 1. The molecule has 2 atom stereocenters. The van der Waals surface area contributed by atoms with E-state index >= 15 is 0 Å². The van der Waals surface area contributed by atoms with E-state index in [-0.39, 0.29) is 18.0 Å². The van der Waals surface area contributed by atoms with E-state index in [1.54, 1.807) is 0 Å². The molecule has 0 aliphatic carbocycles. The van der Waals surface area contributed by atoms with E-state index in [0.717, 1.165) is 5.56 Å². The SMILES string of the molecule is CC(C)C#C[C@H](NC(=O)[C@H](Cc1ccccc1)[NH2+]C(=O)c1cnccn1)B(O)[OH2+]. The molecule has 0 aliphatic heterocycles. The molecule has 9 heteroatoms. The van der Waals surface area contributed by atoms with E-state index in [1.165, 1.54) is 23.9 Å². The predicted octanol–water partition coefficient (Wildman–Crippen LogP) is -1.32. The third-order valence-electron chi connectivity index (χ3n) is 3.94.